The number of hydrogen-bond acceptors (Lipinski definition) is 3. The maximum atomic E-state index is 11.7. The summed E-state index contributed by atoms with van der Waals surface area (Å²) in [5, 5.41) is 0. The zero-order valence-corrected chi connectivity index (χ0v) is 9.37. The standard InChI is InChI=1S/C11H20N2O2/c1-15-7-5-11(3-4-11)8-13-6-2-9(12)10(13)14/h9H,2-8,12H2,1H3. The molecule has 1 saturated heterocycles. The molecular formula is C11H20N2O2. The van der Waals surface area contributed by atoms with Gasteiger partial charge in [-0.3, -0.25) is 4.79 Å². The van der Waals surface area contributed by atoms with Gasteiger partial charge in [-0.25, -0.2) is 0 Å². The van der Waals surface area contributed by atoms with E-state index in [-0.39, 0.29) is 11.9 Å². The normalized spacial score (nSPS) is 28.5. The first-order chi connectivity index (χ1) is 7.17. The maximum absolute atomic E-state index is 11.7. The average molecular weight is 212 g/mol. The number of ether oxygens (including phenoxy) is 1. The van der Waals surface area contributed by atoms with Crippen molar-refractivity contribution in [2.24, 2.45) is 11.1 Å². The van der Waals surface area contributed by atoms with Gasteiger partial charge < -0.3 is 15.4 Å². The molecule has 4 nitrogen and oxygen atoms in total. The van der Waals surface area contributed by atoms with Crippen LogP contribution in [0.5, 0.6) is 0 Å². The Labute approximate surface area is 90.8 Å². The highest BCUT2D eigenvalue weighted by atomic mass is 16.5. The number of hydrogen-bond donors (Lipinski definition) is 1. The molecule has 0 aromatic carbocycles. The van der Waals surface area contributed by atoms with E-state index in [0.717, 1.165) is 32.5 Å². The van der Waals surface area contributed by atoms with Crippen LogP contribution < -0.4 is 5.73 Å². The molecule has 86 valence electrons. The Balaban J connectivity index is 1.84. The third-order valence-corrected chi connectivity index (χ3v) is 3.66. The summed E-state index contributed by atoms with van der Waals surface area (Å²) >= 11 is 0. The van der Waals surface area contributed by atoms with Crippen LogP contribution in [0.15, 0.2) is 0 Å². The monoisotopic (exact) mass is 212 g/mol. The number of likely N-dealkylation sites (tertiary alicyclic amines) is 1. The van der Waals surface area contributed by atoms with Crippen LogP contribution in [0.4, 0.5) is 0 Å². The van der Waals surface area contributed by atoms with E-state index >= 15 is 0 Å². The van der Waals surface area contributed by atoms with E-state index in [1.54, 1.807) is 7.11 Å². The molecule has 1 heterocycles. The summed E-state index contributed by atoms with van der Waals surface area (Å²) in [6.07, 6.45) is 4.35. The molecule has 1 aliphatic heterocycles. The fourth-order valence-electron chi connectivity index (χ4n) is 2.31. The second-order valence-electron chi connectivity index (χ2n) is 4.90. The fourth-order valence-corrected chi connectivity index (χ4v) is 2.31. The predicted molar refractivity (Wildman–Crippen MR) is 57.3 cm³/mol. The van der Waals surface area contributed by atoms with Gasteiger partial charge in [-0.15, -0.1) is 0 Å². The van der Waals surface area contributed by atoms with Gasteiger partial charge in [0, 0.05) is 26.8 Å². The quantitative estimate of drug-likeness (QED) is 0.716. The number of nitrogens with zero attached hydrogens (tertiary/aromatic N) is 1. The van der Waals surface area contributed by atoms with Crippen LogP contribution in [-0.2, 0) is 9.53 Å². The van der Waals surface area contributed by atoms with Crippen molar-refractivity contribution < 1.29 is 9.53 Å². The molecule has 0 aromatic rings. The molecule has 2 N–H and O–H groups in total. The number of amides is 1. The first-order valence-corrected chi connectivity index (χ1v) is 5.70. The highest BCUT2D eigenvalue weighted by Crippen LogP contribution is 2.49. The van der Waals surface area contributed by atoms with Crippen LogP contribution >= 0.6 is 0 Å². The summed E-state index contributed by atoms with van der Waals surface area (Å²) < 4.78 is 5.10. The van der Waals surface area contributed by atoms with E-state index < -0.39 is 0 Å². The van der Waals surface area contributed by atoms with Crippen LogP contribution in [0.3, 0.4) is 0 Å². The molecule has 1 aliphatic carbocycles. The van der Waals surface area contributed by atoms with Crippen LogP contribution in [0, 0.1) is 5.41 Å². The summed E-state index contributed by atoms with van der Waals surface area (Å²) in [5.74, 6) is 0.138. The SMILES string of the molecule is COCCC1(CN2CCC(N)C2=O)CC1. The van der Waals surface area contributed by atoms with E-state index in [4.69, 9.17) is 10.5 Å². The van der Waals surface area contributed by atoms with Crippen LogP contribution in [0.2, 0.25) is 0 Å². The molecular weight excluding hydrogens is 192 g/mol. The Bertz CT molecular complexity index is 251. The van der Waals surface area contributed by atoms with Gasteiger partial charge in [0.05, 0.1) is 6.04 Å². The Hall–Kier alpha value is -0.610. The summed E-state index contributed by atoms with van der Waals surface area (Å²) in [6, 6.07) is -0.247. The van der Waals surface area contributed by atoms with Crippen molar-refractivity contribution >= 4 is 5.91 Å². The van der Waals surface area contributed by atoms with Crippen molar-refractivity contribution in [1.29, 1.82) is 0 Å². The van der Waals surface area contributed by atoms with E-state index in [2.05, 4.69) is 0 Å². The summed E-state index contributed by atoms with van der Waals surface area (Å²) in [4.78, 5) is 13.6. The van der Waals surface area contributed by atoms with Gasteiger partial charge in [0.15, 0.2) is 0 Å². The molecule has 1 saturated carbocycles. The molecule has 0 bridgehead atoms. The Morgan fingerprint density at radius 3 is 2.80 bits per heavy atom. The largest absolute Gasteiger partial charge is 0.385 e. The molecule has 0 aromatic heterocycles. The molecule has 2 rings (SSSR count). The molecule has 4 heteroatoms. The van der Waals surface area contributed by atoms with Gasteiger partial charge >= 0.3 is 0 Å². The Morgan fingerprint density at radius 1 is 1.60 bits per heavy atom. The lowest BCUT2D eigenvalue weighted by Gasteiger charge is -2.23. The minimum atomic E-state index is -0.247. The third-order valence-electron chi connectivity index (χ3n) is 3.66. The summed E-state index contributed by atoms with van der Waals surface area (Å²) in [6.45, 7) is 2.53. The highest BCUT2D eigenvalue weighted by molar-refractivity contribution is 5.83. The molecule has 2 aliphatic rings. The van der Waals surface area contributed by atoms with Crippen molar-refractivity contribution in [3.8, 4) is 0 Å². The van der Waals surface area contributed by atoms with Crippen molar-refractivity contribution in [3.05, 3.63) is 0 Å². The molecule has 1 atom stereocenters. The van der Waals surface area contributed by atoms with Crippen molar-refractivity contribution in [2.75, 3.05) is 26.8 Å². The lowest BCUT2D eigenvalue weighted by molar-refractivity contribution is -0.129. The smallest absolute Gasteiger partial charge is 0.239 e. The van der Waals surface area contributed by atoms with Crippen molar-refractivity contribution in [2.45, 2.75) is 31.7 Å². The van der Waals surface area contributed by atoms with Gasteiger partial charge in [-0.2, -0.15) is 0 Å². The lowest BCUT2D eigenvalue weighted by Crippen LogP contribution is -2.37. The second-order valence-corrected chi connectivity index (χ2v) is 4.90. The minimum Gasteiger partial charge on any atom is -0.385 e. The first-order valence-electron chi connectivity index (χ1n) is 5.70. The molecule has 0 radical (unpaired) electrons. The number of nitrogens with two attached hydrogens (primary N) is 1. The zero-order valence-electron chi connectivity index (χ0n) is 9.37. The summed E-state index contributed by atoms with van der Waals surface area (Å²) in [7, 11) is 1.73. The third kappa shape index (κ3) is 2.32. The zero-order chi connectivity index (χ0) is 10.9. The van der Waals surface area contributed by atoms with Gasteiger partial charge in [0.1, 0.15) is 0 Å². The van der Waals surface area contributed by atoms with Gasteiger partial charge in [-0.05, 0) is 31.1 Å². The van der Waals surface area contributed by atoms with Crippen LogP contribution in [0.25, 0.3) is 0 Å². The fraction of sp³-hybridized carbons (Fsp3) is 0.909. The van der Waals surface area contributed by atoms with Crippen molar-refractivity contribution in [3.63, 3.8) is 0 Å². The Morgan fingerprint density at radius 2 is 2.33 bits per heavy atom. The van der Waals surface area contributed by atoms with E-state index in [1.807, 2.05) is 4.90 Å². The summed E-state index contributed by atoms with van der Waals surface area (Å²) in [5.41, 5.74) is 6.05. The molecule has 1 amide bonds. The van der Waals surface area contributed by atoms with Crippen molar-refractivity contribution in [1.82, 2.24) is 4.90 Å². The number of methoxy groups -OCH3 is 1. The molecule has 1 unspecified atom stereocenters. The maximum Gasteiger partial charge on any atom is 0.239 e. The number of rotatable bonds is 5. The molecule has 0 spiro atoms. The first kappa shape index (κ1) is 10.9. The predicted octanol–water partition coefficient (Wildman–Crippen LogP) is 0.363. The topological polar surface area (TPSA) is 55.6 Å². The van der Waals surface area contributed by atoms with E-state index in [9.17, 15) is 4.79 Å². The van der Waals surface area contributed by atoms with E-state index in [1.165, 1.54) is 12.8 Å². The minimum absolute atomic E-state index is 0.138. The number of carbonyl (C=O) groups excluding carboxylic acids is 1. The molecule has 15 heavy (non-hydrogen) atoms. The van der Waals surface area contributed by atoms with Gasteiger partial charge in [-0.1, -0.05) is 0 Å². The van der Waals surface area contributed by atoms with Crippen LogP contribution in [-0.4, -0.2) is 43.7 Å². The van der Waals surface area contributed by atoms with Gasteiger partial charge in [0.2, 0.25) is 5.91 Å². The van der Waals surface area contributed by atoms with Gasteiger partial charge in [0.25, 0.3) is 0 Å². The Kier molecular flexibility index (Phi) is 2.98. The second kappa shape index (κ2) is 4.10. The highest BCUT2D eigenvalue weighted by Gasteiger charge is 2.45. The van der Waals surface area contributed by atoms with Crippen LogP contribution in [0.1, 0.15) is 25.7 Å². The average Bonchev–Trinajstić information content (AvgIpc) is 2.93. The van der Waals surface area contributed by atoms with E-state index in [0.29, 0.717) is 5.41 Å². The molecule has 2 fully saturated rings. The lowest BCUT2D eigenvalue weighted by atomic mass is 10.0. The number of carbonyl (C=O) groups is 1.